The van der Waals surface area contributed by atoms with Gasteiger partial charge in [0.2, 0.25) is 0 Å². The Labute approximate surface area is 167 Å². The minimum Gasteiger partial charge on any atom is -0.374 e. The molecular weight excluding hydrogens is 352 g/mol. The molecule has 1 heterocycles. The largest absolute Gasteiger partial charge is 0.374 e. The molecule has 2 atom stereocenters. The fraction of sp³-hybridized carbons (Fsp3) is 0.435. The lowest BCUT2D eigenvalue weighted by Crippen LogP contribution is -2.42. The molecule has 0 aliphatic carbocycles. The topological polar surface area (TPSA) is 50.8 Å². The molecule has 0 radical (unpaired) electrons. The number of carbonyl (C=O) groups is 1. The number of hydrogen-bond donors (Lipinski definition) is 1. The number of nitrogens with zero attached hydrogens (tertiary/aromatic N) is 1. The molecule has 2 aromatic carbocycles. The first-order valence-electron chi connectivity index (χ1n) is 9.98. The Kier molecular flexibility index (Phi) is 7.46. The van der Waals surface area contributed by atoms with Gasteiger partial charge in [-0.05, 0) is 37.0 Å². The van der Waals surface area contributed by atoms with Crippen molar-refractivity contribution in [2.75, 3.05) is 13.1 Å². The van der Waals surface area contributed by atoms with E-state index in [9.17, 15) is 4.79 Å². The van der Waals surface area contributed by atoms with Gasteiger partial charge in [0.1, 0.15) is 0 Å². The number of carbonyl (C=O) groups excluding carboxylic acids is 1. The van der Waals surface area contributed by atoms with Crippen molar-refractivity contribution in [1.29, 1.82) is 0 Å². The van der Waals surface area contributed by atoms with Crippen LogP contribution in [0.2, 0.25) is 0 Å². The quantitative estimate of drug-likeness (QED) is 0.818. The third-order valence-electron chi connectivity index (χ3n) is 4.95. The summed E-state index contributed by atoms with van der Waals surface area (Å²) in [4.78, 5) is 14.5. The molecule has 28 heavy (non-hydrogen) atoms. The first-order chi connectivity index (χ1) is 13.6. The number of benzene rings is 2. The number of rotatable bonds is 6. The summed E-state index contributed by atoms with van der Waals surface area (Å²) in [6, 6.07) is 18.2. The van der Waals surface area contributed by atoms with Gasteiger partial charge in [0.25, 0.3) is 0 Å². The van der Waals surface area contributed by atoms with Gasteiger partial charge in [-0.3, -0.25) is 0 Å². The summed E-state index contributed by atoms with van der Waals surface area (Å²) in [6.07, 6.45) is 1.11. The lowest BCUT2D eigenvalue weighted by Gasteiger charge is -2.23. The van der Waals surface area contributed by atoms with Gasteiger partial charge in [0.15, 0.2) is 0 Å². The molecular formula is C23H30N2O3. The van der Waals surface area contributed by atoms with Crippen LogP contribution in [0.15, 0.2) is 54.6 Å². The van der Waals surface area contributed by atoms with E-state index in [0.717, 1.165) is 29.7 Å². The van der Waals surface area contributed by atoms with Crippen molar-refractivity contribution in [2.24, 2.45) is 0 Å². The van der Waals surface area contributed by atoms with Gasteiger partial charge >= 0.3 is 6.03 Å². The fourth-order valence-corrected chi connectivity index (χ4v) is 3.44. The van der Waals surface area contributed by atoms with Gasteiger partial charge in [-0.1, -0.05) is 54.6 Å². The second-order valence-corrected chi connectivity index (χ2v) is 7.40. The molecule has 5 heteroatoms. The van der Waals surface area contributed by atoms with Crippen molar-refractivity contribution < 1.29 is 14.3 Å². The molecule has 3 rings (SSSR count). The number of ether oxygens (including phenoxy) is 2. The Hall–Kier alpha value is -2.37. The Bertz CT molecular complexity index is 751. The molecule has 2 amide bonds. The normalized spacial score (nSPS) is 19.9. The monoisotopic (exact) mass is 382 g/mol. The third-order valence-corrected chi connectivity index (χ3v) is 4.95. The van der Waals surface area contributed by atoms with E-state index in [1.165, 1.54) is 0 Å². The first kappa shape index (κ1) is 20.4. The van der Waals surface area contributed by atoms with Gasteiger partial charge in [-0.2, -0.15) is 0 Å². The Balaban J connectivity index is 1.52. The predicted molar refractivity (Wildman–Crippen MR) is 110 cm³/mol. The fourth-order valence-electron chi connectivity index (χ4n) is 3.44. The van der Waals surface area contributed by atoms with Gasteiger partial charge in [0, 0.05) is 19.6 Å². The Morgan fingerprint density at radius 3 is 2.54 bits per heavy atom. The summed E-state index contributed by atoms with van der Waals surface area (Å²) < 4.78 is 11.7. The predicted octanol–water partition coefficient (Wildman–Crippen LogP) is 4.11. The highest BCUT2D eigenvalue weighted by atomic mass is 16.5. The van der Waals surface area contributed by atoms with E-state index < -0.39 is 0 Å². The second kappa shape index (κ2) is 10.2. The van der Waals surface area contributed by atoms with Crippen molar-refractivity contribution in [1.82, 2.24) is 10.2 Å². The lowest BCUT2D eigenvalue weighted by atomic mass is 10.1. The molecule has 0 bridgehead atoms. The second-order valence-electron chi connectivity index (χ2n) is 7.40. The van der Waals surface area contributed by atoms with Crippen LogP contribution in [0.3, 0.4) is 0 Å². The first-order valence-corrected chi connectivity index (χ1v) is 9.98. The molecule has 0 unspecified atom stereocenters. The van der Waals surface area contributed by atoms with Crippen LogP contribution in [0.1, 0.15) is 37.0 Å². The highest BCUT2D eigenvalue weighted by Crippen LogP contribution is 2.14. The summed E-state index contributed by atoms with van der Waals surface area (Å²) in [6.45, 7) is 7.01. The van der Waals surface area contributed by atoms with Crippen molar-refractivity contribution in [3.63, 3.8) is 0 Å². The van der Waals surface area contributed by atoms with Crippen LogP contribution in [0.25, 0.3) is 0 Å². The molecule has 1 aliphatic rings. The van der Waals surface area contributed by atoms with E-state index in [2.05, 4.69) is 30.4 Å². The van der Waals surface area contributed by atoms with E-state index in [1.807, 2.05) is 48.2 Å². The Morgan fingerprint density at radius 1 is 1.04 bits per heavy atom. The Morgan fingerprint density at radius 2 is 1.75 bits per heavy atom. The molecule has 2 aromatic rings. The maximum absolute atomic E-state index is 12.6. The zero-order chi connectivity index (χ0) is 19.8. The minimum absolute atomic E-state index is 0.0374. The van der Waals surface area contributed by atoms with E-state index in [-0.39, 0.29) is 18.2 Å². The highest BCUT2D eigenvalue weighted by Gasteiger charge is 2.22. The number of urea groups is 1. The minimum atomic E-state index is -0.0374. The molecule has 150 valence electrons. The molecule has 1 fully saturated rings. The van der Waals surface area contributed by atoms with Crippen molar-refractivity contribution in [3.8, 4) is 0 Å². The zero-order valence-corrected chi connectivity index (χ0v) is 16.8. The molecule has 0 spiro atoms. The van der Waals surface area contributed by atoms with Crippen molar-refractivity contribution >= 4 is 6.03 Å². The van der Waals surface area contributed by atoms with Gasteiger partial charge in [-0.15, -0.1) is 0 Å². The number of nitrogens with one attached hydrogen (secondary N) is 1. The maximum Gasteiger partial charge on any atom is 0.317 e. The van der Waals surface area contributed by atoms with E-state index in [4.69, 9.17) is 9.47 Å². The molecule has 1 N–H and O–H groups in total. The van der Waals surface area contributed by atoms with Crippen molar-refractivity contribution in [2.45, 2.75) is 52.2 Å². The van der Waals surface area contributed by atoms with Crippen LogP contribution in [0.4, 0.5) is 4.79 Å². The van der Waals surface area contributed by atoms with E-state index in [0.29, 0.717) is 26.3 Å². The lowest BCUT2D eigenvalue weighted by molar-refractivity contribution is 0.0160. The maximum atomic E-state index is 12.6. The third kappa shape index (κ3) is 6.08. The van der Waals surface area contributed by atoms with Gasteiger partial charge < -0.3 is 19.7 Å². The van der Waals surface area contributed by atoms with Crippen LogP contribution in [0, 0.1) is 0 Å². The highest BCUT2D eigenvalue weighted by molar-refractivity contribution is 5.74. The van der Waals surface area contributed by atoms with Crippen LogP contribution in [0.5, 0.6) is 0 Å². The average molecular weight is 383 g/mol. The molecule has 5 nitrogen and oxygen atoms in total. The van der Waals surface area contributed by atoms with Crippen LogP contribution in [-0.4, -0.2) is 36.2 Å². The standard InChI is InChI=1S/C23H30N2O3/c1-18-12-13-25(15-19(2)28-18)23(26)24-14-21-10-6-7-11-22(21)17-27-16-20-8-4-3-5-9-20/h3-11,18-19H,12-17H2,1-2H3,(H,24,26)/t18-,19+/m1/s1. The average Bonchev–Trinajstić information content (AvgIpc) is 2.88. The van der Waals surface area contributed by atoms with Crippen LogP contribution < -0.4 is 5.32 Å². The van der Waals surface area contributed by atoms with Crippen LogP contribution in [-0.2, 0) is 29.2 Å². The summed E-state index contributed by atoms with van der Waals surface area (Å²) in [5, 5.41) is 3.06. The number of amides is 2. The molecule has 1 aliphatic heterocycles. The van der Waals surface area contributed by atoms with Gasteiger partial charge in [-0.25, -0.2) is 4.79 Å². The smallest absolute Gasteiger partial charge is 0.317 e. The van der Waals surface area contributed by atoms with E-state index in [1.54, 1.807) is 0 Å². The van der Waals surface area contributed by atoms with E-state index >= 15 is 0 Å². The molecule has 0 saturated carbocycles. The van der Waals surface area contributed by atoms with Crippen LogP contribution >= 0.6 is 0 Å². The molecule has 0 aromatic heterocycles. The summed E-state index contributed by atoms with van der Waals surface area (Å²) in [7, 11) is 0. The summed E-state index contributed by atoms with van der Waals surface area (Å²) >= 11 is 0. The zero-order valence-electron chi connectivity index (χ0n) is 16.8. The van der Waals surface area contributed by atoms with Crippen molar-refractivity contribution in [3.05, 3.63) is 71.3 Å². The number of hydrogen-bond acceptors (Lipinski definition) is 3. The van der Waals surface area contributed by atoms with Gasteiger partial charge in [0.05, 0.1) is 25.4 Å². The summed E-state index contributed by atoms with van der Waals surface area (Å²) in [5.41, 5.74) is 3.33. The molecule has 1 saturated heterocycles. The SMILES string of the molecule is C[C@@H]1CCN(C(=O)NCc2ccccc2COCc2ccccc2)C[C@H](C)O1. The summed E-state index contributed by atoms with van der Waals surface area (Å²) in [5.74, 6) is 0.